The fourth-order valence-corrected chi connectivity index (χ4v) is 3.66. The van der Waals surface area contributed by atoms with Crippen LogP contribution < -0.4 is 10.2 Å². The number of rotatable bonds is 3. The van der Waals surface area contributed by atoms with E-state index in [0.717, 1.165) is 30.7 Å². The van der Waals surface area contributed by atoms with Gasteiger partial charge in [0.2, 0.25) is 0 Å². The first-order valence-electron chi connectivity index (χ1n) is 8.20. The number of hydrogen-bond acceptors (Lipinski definition) is 5. The van der Waals surface area contributed by atoms with Crippen molar-refractivity contribution in [3.63, 3.8) is 0 Å². The number of aliphatic hydroxyl groups is 1. The Morgan fingerprint density at radius 2 is 1.86 bits per heavy atom. The molecular weight excluding hydrogens is 264 g/mol. The molecule has 5 heteroatoms. The van der Waals surface area contributed by atoms with E-state index in [2.05, 4.69) is 20.2 Å². The van der Waals surface area contributed by atoms with Gasteiger partial charge in [-0.05, 0) is 63.6 Å². The molecule has 0 radical (unpaired) electrons. The van der Waals surface area contributed by atoms with Gasteiger partial charge < -0.3 is 15.3 Å². The molecule has 3 rings (SSSR count). The third kappa shape index (κ3) is 3.52. The molecule has 2 N–H and O–H groups in total. The van der Waals surface area contributed by atoms with Crippen LogP contribution in [0.3, 0.4) is 0 Å². The molecule has 1 aromatic heterocycles. The van der Waals surface area contributed by atoms with E-state index in [9.17, 15) is 5.11 Å². The topological polar surface area (TPSA) is 61.3 Å². The SMILES string of the molecule is C[C@@H](O)c1nccc(N2CCC(C3CCNCC3)CC2)n1. The van der Waals surface area contributed by atoms with E-state index in [4.69, 9.17) is 0 Å². The minimum absolute atomic E-state index is 0.521. The van der Waals surface area contributed by atoms with Crippen LogP contribution in [-0.2, 0) is 0 Å². The smallest absolute Gasteiger partial charge is 0.158 e. The summed E-state index contributed by atoms with van der Waals surface area (Å²) in [5, 5.41) is 13.1. The van der Waals surface area contributed by atoms with Crippen molar-refractivity contribution >= 4 is 5.82 Å². The summed E-state index contributed by atoms with van der Waals surface area (Å²) in [7, 11) is 0. The van der Waals surface area contributed by atoms with Gasteiger partial charge in [-0.3, -0.25) is 0 Å². The lowest BCUT2D eigenvalue weighted by Crippen LogP contribution is -2.39. The monoisotopic (exact) mass is 290 g/mol. The number of hydrogen-bond donors (Lipinski definition) is 2. The van der Waals surface area contributed by atoms with Crippen molar-refractivity contribution in [2.75, 3.05) is 31.1 Å². The van der Waals surface area contributed by atoms with Crippen LogP contribution in [-0.4, -0.2) is 41.3 Å². The highest BCUT2D eigenvalue weighted by Gasteiger charge is 2.28. The van der Waals surface area contributed by atoms with Crippen LogP contribution in [0.1, 0.15) is 44.5 Å². The number of nitrogens with one attached hydrogen (secondary N) is 1. The molecule has 2 saturated heterocycles. The summed E-state index contributed by atoms with van der Waals surface area (Å²) in [6.45, 7) is 6.24. The molecule has 2 aliphatic rings. The first-order chi connectivity index (χ1) is 10.2. The molecule has 2 fully saturated rings. The van der Waals surface area contributed by atoms with Gasteiger partial charge in [0.05, 0.1) is 0 Å². The zero-order chi connectivity index (χ0) is 14.7. The van der Waals surface area contributed by atoms with Crippen LogP contribution in [0, 0.1) is 11.8 Å². The Morgan fingerprint density at radius 1 is 1.19 bits per heavy atom. The van der Waals surface area contributed by atoms with E-state index < -0.39 is 6.10 Å². The van der Waals surface area contributed by atoms with Gasteiger partial charge >= 0.3 is 0 Å². The molecule has 5 nitrogen and oxygen atoms in total. The number of anilines is 1. The molecule has 2 aliphatic heterocycles. The highest BCUT2D eigenvalue weighted by Crippen LogP contribution is 2.32. The summed E-state index contributed by atoms with van der Waals surface area (Å²) in [6.07, 6.45) is 6.35. The van der Waals surface area contributed by atoms with Crippen LogP contribution in [0.25, 0.3) is 0 Å². The highest BCUT2D eigenvalue weighted by molar-refractivity contribution is 5.38. The fourth-order valence-electron chi connectivity index (χ4n) is 3.66. The average Bonchev–Trinajstić information content (AvgIpc) is 2.56. The second kappa shape index (κ2) is 6.71. The van der Waals surface area contributed by atoms with Crippen molar-refractivity contribution in [3.05, 3.63) is 18.1 Å². The molecule has 0 spiro atoms. The molecular formula is C16H26N4O. The maximum Gasteiger partial charge on any atom is 0.158 e. The first kappa shape index (κ1) is 14.7. The second-order valence-corrected chi connectivity index (χ2v) is 6.36. The minimum atomic E-state index is -0.600. The van der Waals surface area contributed by atoms with E-state index in [1.807, 2.05) is 6.07 Å². The Labute approximate surface area is 126 Å². The quantitative estimate of drug-likeness (QED) is 0.888. The number of aliphatic hydroxyl groups excluding tert-OH is 1. The number of nitrogens with zero attached hydrogens (tertiary/aromatic N) is 3. The van der Waals surface area contributed by atoms with Crippen LogP contribution in [0.5, 0.6) is 0 Å². The summed E-state index contributed by atoms with van der Waals surface area (Å²) in [4.78, 5) is 11.0. The number of piperidine rings is 2. The van der Waals surface area contributed by atoms with Crippen LogP contribution >= 0.6 is 0 Å². The van der Waals surface area contributed by atoms with Crippen LogP contribution in [0.4, 0.5) is 5.82 Å². The lowest BCUT2D eigenvalue weighted by molar-refractivity contribution is 0.188. The molecule has 0 saturated carbocycles. The second-order valence-electron chi connectivity index (χ2n) is 6.36. The van der Waals surface area contributed by atoms with Crippen molar-refractivity contribution in [1.82, 2.24) is 15.3 Å². The number of aromatic nitrogens is 2. The van der Waals surface area contributed by atoms with Crippen molar-refractivity contribution in [2.24, 2.45) is 11.8 Å². The zero-order valence-electron chi connectivity index (χ0n) is 12.8. The van der Waals surface area contributed by atoms with Crippen LogP contribution in [0.15, 0.2) is 12.3 Å². The molecule has 0 unspecified atom stereocenters. The van der Waals surface area contributed by atoms with Crippen LogP contribution in [0.2, 0.25) is 0 Å². The average molecular weight is 290 g/mol. The molecule has 116 valence electrons. The fraction of sp³-hybridized carbons (Fsp3) is 0.750. The summed E-state index contributed by atoms with van der Waals surface area (Å²) < 4.78 is 0. The maximum absolute atomic E-state index is 9.61. The Bertz CT molecular complexity index is 451. The lowest BCUT2D eigenvalue weighted by atomic mass is 9.79. The van der Waals surface area contributed by atoms with Gasteiger partial charge in [0, 0.05) is 19.3 Å². The van der Waals surface area contributed by atoms with Crippen molar-refractivity contribution in [1.29, 1.82) is 0 Å². The molecule has 0 aliphatic carbocycles. The first-order valence-corrected chi connectivity index (χ1v) is 8.20. The predicted octanol–water partition coefficient (Wildman–Crippen LogP) is 1.75. The van der Waals surface area contributed by atoms with E-state index in [-0.39, 0.29) is 0 Å². The Kier molecular flexibility index (Phi) is 4.70. The lowest BCUT2D eigenvalue weighted by Gasteiger charge is -2.38. The normalized spacial score (nSPS) is 23.2. The van der Waals surface area contributed by atoms with Gasteiger partial charge in [-0.1, -0.05) is 0 Å². The minimum Gasteiger partial charge on any atom is -0.385 e. The summed E-state index contributed by atoms with van der Waals surface area (Å²) >= 11 is 0. The van der Waals surface area contributed by atoms with Gasteiger partial charge in [0.15, 0.2) is 5.82 Å². The van der Waals surface area contributed by atoms with E-state index in [0.29, 0.717) is 5.82 Å². The van der Waals surface area contributed by atoms with Crippen molar-refractivity contribution in [3.8, 4) is 0 Å². The van der Waals surface area contributed by atoms with E-state index in [1.54, 1.807) is 13.1 Å². The van der Waals surface area contributed by atoms with Gasteiger partial charge in [-0.25, -0.2) is 9.97 Å². The third-order valence-electron chi connectivity index (χ3n) is 4.95. The summed E-state index contributed by atoms with van der Waals surface area (Å²) in [6, 6.07) is 1.96. The summed E-state index contributed by atoms with van der Waals surface area (Å²) in [5.74, 6) is 3.27. The molecule has 0 amide bonds. The van der Waals surface area contributed by atoms with Gasteiger partial charge in [0.25, 0.3) is 0 Å². The Morgan fingerprint density at radius 3 is 2.52 bits per heavy atom. The van der Waals surface area contributed by atoms with E-state index >= 15 is 0 Å². The molecule has 1 aromatic rings. The van der Waals surface area contributed by atoms with Gasteiger partial charge in [-0.2, -0.15) is 0 Å². The highest BCUT2D eigenvalue weighted by atomic mass is 16.3. The predicted molar refractivity (Wildman–Crippen MR) is 83.2 cm³/mol. The Hall–Kier alpha value is -1.20. The van der Waals surface area contributed by atoms with Gasteiger partial charge in [-0.15, -0.1) is 0 Å². The zero-order valence-corrected chi connectivity index (χ0v) is 12.8. The van der Waals surface area contributed by atoms with Crippen molar-refractivity contribution < 1.29 is 5.11 Å². The largest absolute Gasteiger partial charge is 0.385 e. The van der Waals surface area contributed by atoms with Gasteiger partial charge in [0.1, 0.15) is 11.9 Å². The Balaban J connectivity index is 1.59. The van der Waals surface area contributed by atoms with Crippen molar-refractivity contribution in [2.45, 2.75) is 38.7 Å². The third-order valence-corrected chi connectivity index (χ3v) is 4.95. The summed E-state index contributed by atoms with van der Waals surface area (Å²) in [5.41, 5.74) is 0. The molecule has 3 heterocycles. The molecule has 1 atom stereocenters. The van der Waals surface area contributed by atoms with E-state index in [1.165, 1.54) is 38.8 Å². The standard InChI is InChI=1S/C16H26N4O/c1-12(21)16-18-9-4-15(19-16)20-10-5-14(6-11-20)13-2-7-17-8-3-13/h4,9,12-14,17,21H,2-3,5-8,10-11H2,1H3/t12-/m1/s1. The molecule has 0 bridgehead atoms. The maximum atomic E-state index is 9.61. The molecule has 0 aromatic carbocycles. The molecule has 21 heavy (non-hydrogen) atoms.